The SMILES string of the molecule is C[C@@H]1[C@@H]([Si](C)(C)F)[C@H](CCn2cc(C(CO)c3ccccc3)nn2)O[C@@H]1CCc1cccc(N(C=O)c2ccccc2)c1. The van der Waals surface area contributed by atoms with Crippen molar-refractivity contribution in [2.45, 2.75) is 69.5 Å². The van der Waals surface area contributed by atoms with Crippen molar-refractivity contribution in [3.05, 3.63) is 108 Å². The molecule has 4 aromatic rings. The first-order chi connectivity index (χ1) is 20.8. The first kappa shape index (κ1) is 30.8. The van der Waals surface area contributed by atoms with E-state index in [9.17, 15) is 9.90 Å². The van der Waals surface area contributed by atoms with Gasteiger partial charge in [0.15, 0.2) is 0 Å². The van der Waals surface area contributed by atoms with E-state index in [-0.39, 0.29) is 36.2 Å². The lowest BCUT2D eigenvalue weighted by Gasteiger charge is -2.28. The number of aliphatic hydroxyl groups excluding tert-OH is 1. The number of aryl methyl sites for hydroxylation is 2. The summed E-state index contributed by atoms with van der Waals surface area (Å²) >= 11 is 0. The Morgan fingerprint density at radius 3 is 2.37 bits per heavy atom. The minimum Gasteiger partial charge on any atom is -0.395 e. The van der Waals surface area contributed by atoms with Gasteiger partial charge in [-0.1, -0.05) is 72.8 Å². The molecule has 1 N–H and O–H groups in total. The fourth-order valence-electron chi connectivity index (χ4n) is 6.58. The Bertz CT molecular complexity index is 1460. The molecule has 1 amide bonds. The predicted molar refractivity (Wildman–Crippen MR) is 170 cm³/mol. The number of ether oxygens (including phenoxy) is 1. The summed E-state index contributed by atoms with van der Waals surface area (Å²) in [4.78, 5) is 13.6. The van der Waals surface area contributed by atoms with E-state index in [1.54, 1.807) is 22.7 Å². The second kappa shape index (κ2) is 13.8. The van der Waals surface area contributed by atoms with Crippen molar-refractivity contribution < 1.29 is 18.7 Å². The van der Waals surface area contributed by atoms with E-state index in [2.05, 4.69) is 23.3 Å². The molecule has 1 saturated heterocycles. The molecule has 43 heavy (non-hydrogen) atoms. The molecule has 2 heterocycles. The first-order valence-corrected chi connectivity index (χ1v) is 18.0. The van der Waals surface area contributed by atoms with Crippen LogP contribution in [0.2, 0.25) is 18.6 Å². The van der Waals surface area contributed by atoms with Gasteiger partial charge in [0.1, 0.15) is 0 Å². The highest BCUT2D eigenvalue weighted by atomic mass is 28.4. The fraction of sp³-hybridized carbons (Fsp3) is 0.382. The van der Waals surface area contributed by atoms with Crippen LogP contribution in [0.3, 0.4) is 0 Å². The molecule has 7 nitrogen and oxygen atoms in total. The summed E-state index contributed by atoms with van der Waals surface area (Å²) in [5.41, 5.74) is 4.32. The molecule has 0 radical (unpaired) electrons. The molecule has 0 aliphatic carbocycles. The standard InChI is InChI=1S/C34H41FN4O3Si/c1-25-32(18-17-26-11-10-16-29(21-26)39(24-41)28-14-8-5-9-15-28)42-33(34(25)43(2,3)35)19-20-38-22-31(36-37-38)30(23-40)27-12-6-4-7-13-27/h4-16,21-22,24-25,30,32-34,40H,17-20,23H2,1-3H3/t25-,30?,32+,33-,34+/m0/s1. The van der Waals surface area contributed by atoms with Gasteiger partial charge in [0.25, 0.3) is 0 Å². The Morgan fingerprint density at radius 2 is 1.70 bits per heavy atom. The topological polar surface area (TPSA) is 80.5 Å². The highest BCUT2D eigenvalue weighted by Gasteiger charge is 2.50. The van der Waals surface area contributed by atoms with Gasteiger partial charge < -0.3 is 14.0 Å². The van der Waals surface area contributed by atoms with E-state index in [0.29, 0.717) is 18.7 Å². The molecular weight excluding hydrogens is 559 g/mol. The lowest BCUT2D eigenvalue weighted by atomic mass is 9.95. The zero-order valence-corrected chi connectivity index (χ0v) is 26.1. The van der Waals surface area contributed by atoms with E-state index in [0.717, 1.165) is 41.8 Å². The summed E-state index contributed by atoms with van der Waals surface area (Å²) in [5.74, 6) is -0.143. The zero-order chi connectivity index (χ0) is 30.4. The molecule has 0 spiro atoms. The zero-order valence-electron chi connectivity index (χ0n) is 25.1. The van der Waals surface area contributed by atoms with Gasteiger partial charge in [-0.15, -0.1) is 5.10 Å². The Morgan fingerprint density at radius 1 is 1.00 bits per heavy atom. The van der Waals surface area contributed by atoms with Crippen LogP contribution in [0.1, 0.15) is 42.5 Å². The smallest absolute Gasteiger partial charge is 0.246 e. The van der Waals surface area contributed by atoms with Crippen molar-refractivity contribution in [3.8, 4) is 0 Å². The van der Waals surface area contributed by atoms with Crippen LogP contribution in [0.15, 0.2) is 91.1 Å². The third-order valence-electron chi connectivity index (χ3n) is 8.68. The van der Waals surface area contributed by atoms with Gasteiger partial charge in [0.05, 0.1) is 30.4 Å². The fourth-order valence-corrected chi connectivity index (χ4v) is 9.17. The van der Waals surface area contributed by atoms with Crippen molar-refractivity contribution in [2.24, 2.45) is 5.92 Å². The van der Waals surface area contributed by atoms with Gasteiger partial charge in [0.2, 0.25) is 14.8 Å². The molecule has 1 unspecified atom stereocenters. The lowest BCUT2D eigenvalue weighted by molar-refractivity contribution is -0.106. The molecule has 5 atom stereocenters. The van der Waals surface area contributed by atoms with Crippen molar-refractivity contribution in [2.75, 3.05) is 11.5 Å². The number of amides is 1. The Hall–Kier alpha value is -3.66. The van der Waals surface area contributed by atoms with Gasteiger partial charge in [-0.25, -0.2) is 0 Å². The normalized spacial score (nSPS) is 21.0. The average molecular weight is 601 g/mol. The van der Waals surface area contributed by atoms with Crippen molar-refractivity contribution in [1.29, 1.82) is 0 Å². The molecule has 1 fully saturated rings. The maximum atomic E-state index is 15.7. The number of hydrogen-bond acceptors (Lipinski definition) is 5. The maximum absolute atomic E-state index is 15.7. The van der Waals surface area contributed by atoms with Crippen LogP contribution >= 0.6 is 0 Å². The molecule has 1 aliphatic heterocycles. The van der Waals surface area contributed by atoms with E-state index in [1.807, 2.05) is 85.1 Å². The van der Waals surface area contributed by atoms with Crippen LogP contribution < -0.4 is 4.90 Å². The highest BCUT2D eigenvalue weighted by Crippen LogP contribution is 2.47. The molecule has 0 bridgehead atoms. The third kappa shape index (κ3) is 7.29. The van der Waals surface area contributed by atoms with Gasteiger partial charge in [-0.05, 0) is 73.7 Å². The quantitative estimate of drug-likeness (QED) is 0.105. The second-order valence-corrected chi connectivity index (χ2v) is 15.8. The minimum absolute atomic E-state index is 0.0550. The number of halogens is 1. The molecule has 5 rings (SSSR count). The molecule has 1 aliphatic rings. The summed E-state index contributed by atoms with van der Waals surface area (Å²) < 4.78 is 24.1. The van der Waals surface area contributed by atoms with Crippen LogP contribution in [-0.2, 0) is 22.5 Å². The summed E-state index contributed by atoms with van der Waals surface area (Å²) in [6.07, 6.45) is 4.65. The van der Waals surface area contributed by atoms with Crippen molar-refractivity contribution in [3.63, 3.8) is 0 Å². The molecular formula is C34H41FN4O3Si. The van der Waals surface area contributed by atoms with E-state index < -0.39 is 8.41 Å². The number of hydrogen-bond donors (Lipinski definition) is 1. The number of carbonyl (C=O) groups is 1. The molecule has 0 saturated carbocycles. The molecule has 3 aromatic carbocycles. The monoisotopic (exact) mass is 600 g/mol. The predicted octanol–water partition coefficient (Wildman–Crippen LogP) is 6.67. The van der Waals surface area contributed by atoms with E-state index in [1.165, 1.54) is 0 Å². The number of para-hydroxylation sites is 1. The number of aliphatic hydroxyl groups is 1. The van der Waals surface area contributed by atoms with E-state index >= 15 is 4.11 Å². The van der Waals surface area contributed by atoms with Gasteiger partial charge >= 0.3 is 0 Å². The van der Waals surface area contributed by atoms with Gasteiger partial charge in [-0.2, -0.15) is 0 Å². The number of benzene rings is 3. The van der Waals surface area contributed by atoms with E-state index in [4.69, 9.17) is 4.74 Å². The largest absolute Gasteiger partial charge is 0.395 e. The van der Waals surface area contributed by atoms with Crippen molar-refractivity contribution in [1.82, 2.24) is 15.0 Å². The number of nitrogens with zero attached hydrogens (tertiary/aromatic N) is 4. The number of aromatic nitrogens is 3. The summed E-state index contributed by atoms with van der Waals surface area (Å²) in [6.45, 7) is 6.21. The van der Waals surface area contributed by atoms with Crippen LogP contribution in [0.25, 0.3) is 0 Å². The third-order valence-corrected chi connectivity index (χ3v) is 11.2. The Balaban J connectivity index is 1.23. The van der Waals surface area contributed by atoms with Gasteiger partial charge in [0, 0.05) is 29.7 Å². The second-order valence-electron chi connectivity index (χ2n) is 12.0. The van der Waals surface area contributed by atoms with Gasteiger partial charge in [-0.3, -0.25) is 14.4 Å². The highest BCUT2D eigenvalue weighted by molar-refractivity contribution is 6.72. The number of rotatable bonds is 13. The first-order valence-electron chi connectivity index (χ1n) is 15.1. The summed E-state index contributed by atoms with van der Waals surface area (Å²) in [6, 6.07) is 27.4. The number of carbonyl (C=O) groups excluding carboxylic acids is 1. The summed E-state index contributed by atoms with van der Waals surface area (Å²) in [7, 11) is -3.02. The van der Waals surface area contributed by atoms with Crippen LogP contribution in [-0.4, -0.2) is 53.7 Å². The van der Waals surface area contributed by atoms with Crippen molar-refractivity contribution >= 4 is 26.2 Å². The average Bonchev–Trinajstić information content (AvgIpc) is 3.61. The van der Waals surface area contributed by atoms with Crippen LogP contribution in [0.5, 0.6) is 0 Å². The Labute approximate surface area is 254 Å². The summed E-state index contributed by atoms with van der Waals surface area (Å²) in [5, 5.41) is 18.7. The van der Waals surface area contributed by atoms with Crippen LogP contribution in [0, 0.1) is 5.92 Å². The minimum atomic E-state index is -3.02. The lowest BCUT2D eigenvalue weighted by Crippen LogP contribution is -2.36. The molecule has 9 heteroatoms. The Kier molecular flexibility index (Phi) is 9.85. The number of anilines is 2. The molecule has 1 aromatic heterocycles. The maximum Gasteiger partial charge on any atom is 0.246 e. The van der Waals surface area contributed by atoms with Crippen LogP contribution in [0.4, 0.5) is 15.5 Å². The molecule has 226 valence electrons.